The molecule has 0 bridgehead atoms. The summed E-state index contributed by atoms with van der Waals surface area (Å²) in [7, 11) is 0. The predicted molar refractivity (Wildman–Crippen MR) is 89.7 cm³/mol. The fourth-order valence-corrected chi connectivity index (χ4v) is 3.37. The van der Waals surface area contributed by atoms with Gasteiger partial charge in [-0.1, -0.05) is 5.10 Å². The van der Waals surface area contributed by atoms with E-state index < -0.39 is 41.0 Å². The summed E-state index contributed by atoms with van der Waals surface area (Å²) in [5.41, 5.74) is -4.08. The van der Waals surface area contributed by atoms with Crippen molar-refractivity contribution >= 4 is 39.2 Å². The van der Waals surface area contributed by atoms with Crippen LogP contribution in [0.4, 0.5) is 32.4 Å². The Morgan fingerprint density at radius 3 is 2.11 bits per heavy atom. The number of rotatable bonds is 3. The molecule has 0 aliphatic rings. The third-order valence-corrected chi connectivity index (χ3v) is 4.89. The highest BCUT2D eigenvalue weighted by Crippen LogP contribution is 2.36. The van der Waals surface area contributed by atoms with Crippen LogP contribution < -0.4 is 5.32 Å². The summed E-state index contributed by atoms with van der Waals surface area (Å²) in [5.74, 6) is -1.25. The zero-order chi connectivity index (χ0) is 20.7. The van der Waals surface area contributed by atoms with Crippen molar-refractivity contribution in [3.63, 3.8) is 0 Å². The maximum atomic E-state index is 12.9. The molecule has 2 heterocycles. The molecule has 5 nitrogen and oxygen atoms in total. The van der Waals surface area contributed by atoms with Crippen LogP contribution in [0.25, 0.3) is 10.8 Å². The molecule has 0 atom stereocenters. The van der Waals surface area contributed by atoms with Gasteiger partial charge >= 0.3 is 18.4 Å². The van der Waals surface area contributed by atoms with Crippen molar-refractivity contribution in [2.75, 3.05) is 5.32 Å². The molecule has 0 radical (unpaired) electrons. The summed E-state index contributed by atoms with van der Waals surface area (Å²) in [6.07, 6.45) is -10.1. The summed E-state index contributed by atoms with van der Waals surface area (Å²) in [4.78, 5) is 12.7. The molecule has 0 saturated carbocycles. The van der Waals surface area contributed by atoms with Gasteiger partial charge in [0.15, 0.2) is 0 Å². The minimum Gasteiger partial charge on any atom is -0.402 e. The molecule has 0 spiro atoms. The fraction of sp³-hybridized carbons (Fsp3) is 0.133. The SMILES string of the molecule is O=C(Nc1nnc(-c2ccc(Br)s2)o1)c1cc(C(F)(F)F)cc(C(F)(F)F)c1. The maximum absolute atomic E-state index is 12.9. The second-order valence-corrected chi connectivity index (χ2v) is 7.73. The Morgan fingerprint density at radius 1 is 1.00 bits per heavy atom. The van der Waals surface area contributed by atoms with Gasteiger partial charge in [0.25, 0.3) is 11.8 Å². The van der Waals surface area contributed by atoms with E-state index in [-0.39, 0.29) is 12.0 Å². The van der Waals surface area contributed by atoms with Gasteiger partial charge in [0, 0.05) is 5.56 Å². The normalized spacial score (nSPS) is 12.2. The number of halogens is 7. The van der Waals surface area contributed by atoms with Gasteiger partial charge in [0.05, 0.1) is 19.8 Å². The summed E-state index contributed by atoms with van der Waals surface area (Å²) < 4.78 is 83.2. The first kappa shape index (κ1) is 20.3. The third-order valence-electron chi connectivity index (χ3n) is 3.28. The smallest absolute Gasteiger partial charge is 0.402 e. The van der Waals surface area contributed by atoms with Crippen molar-refractivity contribution in [2.24, 2.45) is 0 Å². The average Bonchev–Trinajstić information content (AvgIpc) is 3.21. The number of nitrogens with one attached hydrogen (secondary N) is 1. The number of carbonyl (C=O) groups excluding carboxylic acids is 1. The molecule has 0 aliphatic carbocycles. The molecule has 2 aromatic heterocycles. The molecule has 1 amide bonds. The van der Waals surface area contributed by atoms with Crippen molar-refractivity contribution in [1.82, 2.24) is 10.2 Å². The van der Waals surface area contributed by atoms with E-state index in [2.05, 4.69) is 26.1 Å². The van der Waals surface area contributed by atoms with E-state index in [0.29, 0.717) is 17.0 Å². The molecular formula is C15H6BrF6N3O2S. The number of thiophene rings is 1. The maximum Gasteiger partial charge on any atom is 0.416 e. The first-order valence-corrected chi connectivity index (χ1v) is 8.74. The zero-order valence-electron chi connectivity index (χ0n) is 13.2. The van der Waals surface area contributed by atoms with Gasteiger partial charge in [-0.3, -0.25) is 10.1 Å². The minimum absolute atomic E-state index is 0.0195. The molecule has 1 N–H and O–H groups in total. The van der Waals surface area contributed by atoms with E-state index >= 15 is 0 Å². The molecule has 0 saturated heterocycles. The number of amides is 1. The lowest BCUT2D eigenvalue weighted by Crippen LogP contribution is -2.17. The number of benzene rings is 1. The molecule has 28 heavy (non-hydrogen) atoms. The Hall–Kier alpha value is -2.41. The summed E-state index contributed by atoms with van der Waals surface area (Å²) in [6, 6.07) is 3.39. The number of hydrogen-bond acceptors (Lipinski definition) is 5. The Labute approximate surface area is 164 Å². The standard InChI is InChI=1S/C15H6BrF6N3O2S/c16-10-2-1-9(28-10)12-24-25-13(27-12)23-11(26)6-3-7(14(17,18)19)5-8(4-6)15(20,21)22/h1-5H,(H,23,25,26). The van der Waals surface area contributed by atoms with E-state index in [1.807, 2.05) is 5.32 Å². The Bertz CT molecular complexity index is 995. The highest BCUT2D eigenvalue weighted by Gasteiger charge is 2.37. The molecule has 0 fully saturated rings. The van der Waals surface area contributed by atoms with E-state index in [1.165, 1.54) is 11.3 Å². The van der Waals surface area contributed by atoms with Crippen LogP contribution >= 0.6 is 27.3 Å². The number of carbonyl (C=O) groups is 1. The van der Waals surface area contributed by atoms with E-state index in [4.69, 9.17) is 4.42 Å². The van der Waals surface area contributed by atoms with Gasteiger partial charge in [-0.25, -0.2) is 0 Å². The largest absolute Gasteiger partial charge is 0.416 e. The lowest BCUT2D eigenvalue weighted by atomic mass is 10.0. The second-order valence-electron chi connectivity index (χ2n) is 5.26. The van der Waals surface area contributed by atoms with Gasteiger partial charge in [-0.05, 0) is 46.3 Å². The number of anilines is 1. The number of alkyl halides is 6. The molecule has 13 heteroatoms. The Morgan fingerprint density at radius 2 is 1.61 bits per heavy atom. The molecule has 0 unspecified atom stereocenters. The number of nitrogens with zero attached hydrogens (tertiary/aromatic N) is 2. The number of aromatic nitrogens is 2. The fourth-order valence-electron chi connectivity index (χ4n) is 2.06. The van der Waals surface area contributed by atoms with Gasteiger partial charge in [0.1, 0.15) is 0 Å². The molecule has 3 aromatic rings. The zero-order valence-corrected chi connectivity index (χ0v) is 15.6. The third kappa shape index (κ3) is 4.52. The second kappa shape index (κ2) is 7.20. The lowest BCUT2D eigenvalue weighted by Gasteiger charge is -2.13. The van der Waals surface area contributed by atoms with Crippen LogP contribution in [0.2, 0.25) is 0 Å². The van der Waals surface area contributed by atoms with E-state index in [0.717, 1.165) is 3.79 Å². The van der Waals surface area contributed by atoms with Crippen LogP contribution in [0.5, 0.6) is 0 Å². The van der Waals surface area contributed by atoms with Crippen LogP contribution in [0.1, 0.15) is 21.5 Å². The van der Waals surface area contributed by atoms with Crippen molar-refractivity contribution in [1.29, 1.82) is 0 Å². The molecule has 0 aliphatic heterocycles. The quantitative estimate of drug-likeness (QED) is 0.472. The van der Waals surface area contributed by atoms with Crippen molar-refractivity contribution in [3.05, 3.63) is 50.8 Å². The molecular weight excluding hydrogens is 480 g/mol. The first-order chi connectivity index (χ1) is 12.9. The van der Waals surface area contributed by atoms with Gasteiger partial charge < -0.3 is 4.42 Å². The summed E-state index contributed by atoms with van der Waals surface area (Å²) >= 11 is 4.46. The van der Waals surface area contributed by atoms with Crippen LogP contribution in [-0.2, 0) is 12.4 Å². The van der Waals surface area contributed by atoms with Crippen LogP contribution in [0.15, 0.2) is 38.5 Å². The van der Waals surface area contributed by atoms with Gasteiger partial charge in [-0.15, -0.1) is 16.4 Å². The van der Waals surface area contributed by atoms with Crippen LogP contribution in [0, 0.1) is 0 Å². The van der Waals surface area contributed by atoms with Crippen LogP contribution in [0.3, 0.4) is 0 Å². The van der Waals surface area contributed by atoms with Gasteiger partial charge in [0.2, 0.25) is 0 Å². The lowest BCUT2D eigenvalue weighted by molar-refractivity contribution is -0.143. The Kier molecular flexibility index (Phi) is 5.23. The topological polar surface area (TPSA) is 68.0 Å². The van der Waals surface area contributed by atoms with Crippen molar-refractivity contribution < 1.29 is 35.6 Å². The predicted octanol–water partition coefficient (Wildman–Crippen LogP) is 5.85. The minimum atomic E-state index is -5.07. The molecule has 1 aromatic carbocycles. The average molecular weight is 486 g/mol. The van der Waals surface area contributed by atoms with Crippen molar-refractivity contribution in [2.45, 2.75) is 12.4 Å². The van der Waals surface area contributed by atoms with Crippen LogP contribution in [-0.4, -0.2) is 16.1 Å². The molecule has 3 rings (SSSR count). The highest BCUT2D eigenvalue weighted by molar-refractivity contribution is 9.11. The number of hydrogen-bond donors (Lipinski definition) is 1. The monoisotopic (exact) mass is 485 g/mol. The van der Waals surface area contributed by atoms with Gasteiger partial charge in [-0.2, -0.15) is 26.3 Å². The van der Waals surface area contributed by atoms with Crippen molar-refractivity contribution in [3.8, 4) is 10.8 Å². The summed E-state index contributed by atoms with van der Waals surface area (Å²) in [5, 5.41) is 9.16. The molecule has 148 valence electrons. The summed E-state index contributed by atoms with van der Waals surface area (Å²) in [6.45, 7) is 0. The van der Waals surface area contributed by atoms with E-state index in [1.54, 1.807) is 12.1 Å². The van der Waals surface area contributed by atoms with E-state index in [9.17, 15) is 31.1 Å². The highest BCUT2D eigenvalue weighted by atomic mass is 79.9. The Balaban J connectivity index is 1.89. The first-order valence-electron chi connectivity index (χ1n) is 7.13.